The van der Waals surface area contributed by atoms with Crippen LogP contribution in [0.1, 0.15) is 30.3 Å². The summed E-state index contributed by atoms with van der Waals surface area (Å²) < 4.78 is 5.10. The number of esters is 1. The quantitative estimate of drug-likeness (QED) is 0.547. The zero-order valence-corrected chi connectivity index (χ0v) is 13.9. The Hall–Kier alpha value is -3.08. The first-order chi connectivity index (χ1) is 12.1. The SMILES string of the molecule is CCCCOC(=O)c1[nH]c(=O)c2c(-c3ccccc3)cccc2c1O. The molecule has 0 radical (unpaired) electrons. The first-order valence-corrected chi connectivity index (χ1v) is 8.24. The molecule has 1 heterocycles. The molecule has 2 aromatic carbocycles. The molecule has 0 unspecified atom stereocenters. The number of rotatable bonds is 5. The number of hydrogen-bond acceptors (Lipinski definition) is 4. The fourth-order valence-electron chi connectivity index (χ4n) is 2.75. The highest BCUT2D eigenvalue weighted by Gasteiger charge is 2.20. The highest BCUT2D eigenvalue weighted by atomic mass is 16.5. The van der Waals surface area contributed by atoms with Gasteiger partial charge in [0.15, 0.2) is 11.4 Å². The third-order valence-corrected chi connectivity index (χ3v) is 4.04. The van der Waals surface area contributed by atoms with Crippen molar-refractivity contribution in [2.45, 2.75) is 19.8 Å². The van der Waals surface area contributed by atoms with Gasteiger partial charge in [-0.1, -0.05) is 61.9 Å². The molecule has 0 aliphatic heterocycles. The summed E-state index contributed by atoms with van der Waals surface area (Å²) in [7, 11) is 0. The molecule has 0 atom stereocenters. The van der Waals surface area contributed by atoms with Gasteiger partial charge in [0.25, 0.3) is 5.56 Å². The van der Waals surface area contributed by atoms with Crippen molar-refractivity contribution in [3.05, 3.63) is 64.6 Å². The van der Waals surface area contributed by atoms with Gasteiger partial charge in [0.05, 0.1) is 12.0 Å². The van der Waals surface area contributed by atoms with Crippen molar-refractivity contribution < 1.29 is 14.6 Å². The molecule has 1 aromatic heterocycles. The second-order valence-electron chi connectivity index (χ2n) is 5.76. The molecule has 0 spiro atoms. The van der Waals surface area contributed by atoms with Gasteiger partial charge in [-0.25, -0.2) is 4.79 Å². The van der Waals surface area contributed by atoms with Crippen LogP contribution in [0.5, 0.6) is 5.75 Å². The average molecular weight is 337 g/mol. The van der Waals surface area contributed by atoms with Crippen LogP contribution in [0, 0.1) is 0 Å². The summed E-state index contributed by atoms with van der Waals surface area (Å²) in [4.78, 5) is 27.2. The summed E-state index contributed by atoms with van der Waals surface area (Å²) in [5, 5.41) is 11.2. The van der Waals surface area contributed by atoms with Gasteiger partial charge in [0.2, 0.25) is 0 Å². The van der Waals surface area contributed by atoms with E-state index in [2.05, 4.69) is 4.98 Å². The molecule has 0 saturated heterocycles. The first kappa shape index (κ1) is 16.8. The van der Waals surface area contributed by atoms with Crippen LogP contribution in [0.4, 0.5) is 0 Å². The van der Waals surface area contributed by atoms with Crippen molar-refractivity contribution in [3.63, 3.8) is 0 Å². The Bertz CT molecular complexity index is 961. The number of pyridine rings is 1. The lowest BCUT2D eigenvalue weighted by Crippen LogP contribution is -2.16. The number of aromatic hydroxyl groups is 1. The van der Waals surface area contributed by atoms with Crippen LogP contribution in [0.15, 0.2) is 53.3 Å². The number of H-pyrrole nitrogens is 1. The van der Waals surface area contributed by atoms with E-state index in [9.17, 15) is 14.7 Å². The fraction of sp³-hybridized carbons (Fsp3) is 0.200. The molecule has 0 saturated carbocycles. The van der Waals surface area contributed by atoms with Gasteiger partial charge in [-0.15, -0.1) is 0 Å². The predicted octanol–water partition coefficient (Wildman–Crippen LogP) is 3.86. The molecule has 0 bridgehead atoms. The monoisotopic (exact) mass is 337 g/mol. The molecule has 2 N–H and O–H groups in total. The summed E-state index contributed by atoms with van der Waals surface area (Å²) in [6, 6.07) is 14.6. The summed E-state index contributed by atoms with van der Waals surface area (Å²) in [6.45, 7) is 2.23. The topological polar surface area (TPSA) is 79.4 Å². The Balaban J connectivity index is 2.13. The third-order valence-electron chi connectivity index (χ3n) is 4.04. The molecule has 3 aromatic rings. The maximum Gasteiger partial charge on any atom is 0.358 e. The molecule has 0 aliphatic rings. The van der Waals surface area contributed by atoms with Gasteiger partial charge < -0.3 is 14.8 Å². The minimum atomic E-state index is -0.727. The number of aromatic nitrogens is 1. The zero-order chi connectivity index (χ0) is 17.8. The predicted molar refractivity (Wildman–Crippen MR) is 96.9 cm³/mol. The number of hydrogen-bond donors (Lipinski definition) is 2. The van der Waals surface area contributed by atoms with Gasteiger partial charge in [0, 0.05) is 5.39 Å². The minimum absolute atomic E-state index is 0.209. The van der Waals surface area contributed by atoms with E-state index in [1.807, 2.05) is 43.3 Å². The second-order valence-corrected chi connectivity index (χ2v) is 5.76. The number of carbonyl (C=O) groups excluding carboxylic acids is 1. The second kappa shape index (κ2) is 7.21. The van der Waals surface area contributed by atoms with Gasteiger partial charge in [0.1, 0.15) is 0 Å². The summed E-state index contributed by atoms with van der Waals surface area (Å²) in [6.07, 6.45) is 1.61. The number of benzene rings is 2. The highest BCUT2D eigenvalue weighted by Crippen LogP contribution is 2.32. The standard InChI is InChI=1S/C20H19NO4/c1-2-3-12-25-20(24)17-18(22)15-11-7-10-14(16(15)19(23)21-17)13-8-5-4-6-9-13/h4-11,22H,2-3,12H2,1H3,(H,21,23). The number of carbonyl (C=O) groups is 1. The Labute approximate surface area is 144 Å². The van der Waals surface area contributed by atoms with E-state index < -0.39 is 11.5 Å². The molecule has 128 valence electrons. The molecule has 5 heteroatoms. The van der Waals surface area contributed by atoms with Gasteiger partial charge >= 0.3 is 5.97 Å². The summed E-state index contributed by atoms with van der Waals surface area (Å²) in [5.41, 5.74) is 0.908. The van der Waals surface area contributed by atoms with E-state index in [-0.39, 0.29) is 18.1 Å². The molecule has 5 nitrogen and oxygen atoms in total. The van der Waals surface area contributed by atoms with E-state index in [4.69, 9.17) is 4.74 Å². The lowest BCUT2D eigenvalue weighted by Gasteiger charge is -2.11. The van der Waals surface area contributed by atoms with E-state index >= 15 is 0 Å². The van der Waals surface area contributed by atoms with E-state index in [0.29, 0.717) is 16.3 Å². The molecular weight excluding hydrogens is 318 g/mol. The molecule has 25 heavy (non-hydrogen) atoms. The van der Waals surface area contributed by atoms with Crippen molar-refractivity contribution in [1.29, 1.82) is 0 Å². The maximum absolute atomic E-state index is 12.6. The molecular formula is C20H19NO4. The molecule has 3 rings (SSSR count). The number of unbranched alkanes of at least 4 members (excludes halogenated alkanes) is 1. The van der Waals surface area contributed by atoms with Crippen LogP contribution in [0.2, 0.25) is 0 Å². The lowest BCUT2D eigenvalue weighted by molar-refractivity contribution is 0.0489. The first-order valence-electron chi connectivity index (χ1n) is 8.24. The smallest absolute Gasteiger partial charge is 0.358 e. The number of ether oxygens (including phenoxy) is 1. The van der Waals surface area contributed by atoms with Crippen LogP contribution < -0.4 is 5.56 Å². The highest BCUT2D eigenvalue weighted by molar-refractivity contribution is 6.04. The average Bonchev–Trinajstić information content (AvgIpc) is 2.65. The molecule has 0 aliphatic carbocycles. The van der Waals surface area contributed by atoms with E-state index in [1.165, 1.54) is 0 Å². The normalized spacial score (nSPS) is 10.8. The number of aromatic amines is 1. The molecule has 0 fully saturated rings. The van der Waals surface area contributed by atoms with Crippen molar-refractivity contribution in [3.8, 4) is 16.9 Å². The molecule has 0 amide bonds. The fourth-order valence-corrected chi connectivity index (χ4v) is 2.75. The zero-order valence-electron chi connectivity index (χ0n) is 13.9. The van der Waals surface area contributed by atoms with Crippen LogP contribution in [0.25, 0.3) is 21.9 Å². The van der Waals surface area contributed by atoms with Gasteiger partial charge in [-0.3, -0.25) is 4.79 Å². The summed E-state index contributed by atoms with van der Waals surface area (Å²) >= 11 is 0. The summed E-state index contributed by atoms with van der Waals surface area (Å²) in [5.74, 6) is -0.996. The minimum Gasteiger partial charge on any atom is -0.505 e. The van der Waals surface area contributed by atoms with Crippen LogP contribution in [-0.2, 0) is 4.74 Å². The Morgan fingerprint density at radius 1 is 1.12 bits per heavy atom. The van der Waals surface area contributed by atoms with Gasteiger partial charge in [-0.05, 0) is 17.5 Å². The van der Waals surface area contributed by atoms with E-state index in [1.54, 1.807) is 12.1 Å². The largest absolute Gasteiger partial charge is 0.505 e. The van der Waals surface area contributed by atoms with Crippen LogP contribution in [-0.4, -0.2) is 22.7 Å². The van der Waals surface area contributed by atoms with Crippen molar-refractivity contribution in [1.82, 2.24) is 4.98 Å². The van der Waals surface area contributed by atoms with Gasteiger partial charge in [-0.2, -0.15) is 0 Å². The Kier molecular flexibility index (Phi) is 4.84. The van der Waals surface area contributed by atoms with Crippen molar-refractivity contribution >= 4 is 16.7 Å². The lowest BCUT2D eigenvalue weighted by atomic mass is 9.98. The number of nitrogens with one attached hydrogen (secondary N) is 1. The van der Waals surface area contributed by atoms with E-state index in [0.717, 1.165) is 18.4 Å². The maximum atomic E-state index is 12.6. The van der Waals surface area contributed by atoms with Crippen LogP contribution >= 0.6 is 0 Å². The Morgan fingerprint density at radius 2 is 1.88 bits per heavy atom. The van der Waals surface area contributed by atoms with Crippen LogP contribution in [0.3, 0.4) is 0 Å². The Morgan fingerprint density at radius 3 is 2.60 bits per heavy atom. The third kappa shape index (κ3) is 3.26. The van der Waals surface area contributed by atoms with Crippen molar-refractivity contribution in [2.75, 3.05) is 6.61 Å². The number of fused-ring (bicyclic) bond motifs is 1. The van der Waals surface area contributed by atoms with Crippen molar-refractivity contribution in [2.24, 2.45) is 0 Å².